The molecule has 0 amide bonds. The SMILES string of the molecule is CC(C)CCCCOC(=O)C1CCCC(C)C1C(=O)OCCCCC(C)C. The van der Waals surface area contributed by atoms with Crippen molar-refractivity contribution in [1.29, 1.82) is 0 Å². The van der Waals surface area contributed by atoms with Gasteiger partial charge in [0.2, 0.25) is 0 Å². The minimum atomic E-state index is -0.341. The fourth-order valence-electron chi connectivity index (χ4n) is 3.93. The van der Waals surface area contributed by atoms with Gasteiger partial charge in [0.25, 0.3) is 0 Å². The highest BCUT2D eigenvalue weighted by Crippen LogP contribution is 2.36. The van der Waals surface area contributed by atoms with Gasteiger partial charge in [0.1, 0.15) is 0 Å². The molecule has 4 nitrogen and oxygen atoms in total. The summed E-state index contributed by atoms with van der Waals surface area (Å²) in [6, 6.07) is 0. The Morgan fingerprint density at radius 1 is 0.815 bits per heavy atom. The lowest BCUT2D eigenvalue weighted by atomic mass is 9.73. The molecule has 1 aliphatic carbocycles. The van der Waals surface area contributed by atoms with E-state index in [-0.39, 0.29) is 29.7 Å². The normalized spacial score (nSPS) is 22.9. The third-order valence-electron chi connectivity index (χ3n) is 5.64. The summed E-state index contributed by atoms with van der Waals surface area (Å²) in [6.07, 6.45) is 8.96. The van der Waals surface area contributed by atoms with Crippen molar-refractivity contribution in [3.63, 3.8) is 0 Å². The van der Waals surface area contributed by atoms with Crippen molar-refractivity contribution >= 4 is 11.9 Å². The van der Waals surface area contributed by atoms with Crippen LogP contribution in [0.1, 0.15) is 92.4 Å². The molecule has 0 radical (unpaired) electrons. The van der Waals surface area contributed by atoms with Gasteiger partial charge in [-0.3, -0.25) is 9.59 Å². The van der Waals surface area contributed by atoms with Crippen LogP contribution < -0.4 is 0 Å². The van der Waals surface area contributed by atoms with Gasteiger partial charge in [-0.1, -0.05) is 53.9 Å². The minimum absolute atomic E-state index is 0.181. The maximum absolute atomic E-state index is 12.6. The molecule has 158 valence electrons. The second-order valence-electron chi connectivity index (χ2n) is 9.15. The van der Waals surface area contributed by atoms with Gasteiger partial charge in [-0.25, -0.2) is 0 Å². The van der Waals surface area contributed by atoms with Gasteiger partial charge in [-0.2, -0.15) is 0 Å². The molecule has 0 aromatic rings. The minimum Gasteiger partial charge on any atom is -0.465 e. The zero-order valence-electron chi connectivity index (χ0n) is 18.3. The summed E-state index contributed by atoms with van der Waals surface area (Å²) >= 11 is 0. The predicted octanol–water partition coefficient (Wildman–Crippen LogP) is 5.78. The number of ether oxygens (including phenoxy) is 2. The number of rotatable bonds is 12. The van der Waals surface area contributed by atoms with Crippen LogP contribution in [-0.2, 0) is 19.1 Å². The smallest absolute Gasteiger partial charge is 0.310 e. The van der Waals surface area contributed by atoms with E-state index in [1.54, 1.807) is 0 Å². The van der Waals surface area contributed by atoms with Crippen LogP contribution in [0.15, 0.2) is 0 Å². The van der Waals surface area contributed by atoms with Crippen LogP contribution in [0.5, 0.6) is 0 Å². The topological polar surface area (TPSA) is 52.6 Å². The summed E-state index contributed by atoms with van der Waals surface area (Å²) in [7, 11) is 0. The van der Waals surface area contributed by atoms with Crippen LogP contribution in [0, 0.1) is 29.6 Å². The van der Waals surface area contributed by atoms with Crippen molar-refractivity contribution in [3.8, 4) is 0 Å². The Balaban J connectivity index is 2.43. The van der Waals surface area contributed by atoms with Gasteiger partial charge < -0.3 is 9.47 Å². The number of carbonyl (C=O) groups is 2. The number of hydrogen-bond donors (Lipinski definition) is 0. The Morgan fingerprint density at radius 2 is 1.33 bits per heavy atom. The zero-order chi connectivity index (χ0) is 20.2. The molecule has 0 N–H and O–H groups in total. The second kappa shape index (κ2) is 13.2. The average Bonchev–Trinajstić information content (AvgIpc) is 2.60. The van der Waals surface area contributed by atoms with Crippen LogP contribution >= 0.6 is 0 Å². The van der Waals surface area contributed by atoms with E-state index in [1.165, 1.54) is 0 Å². The van der Waals surface area contributed by atoms with Crippen LogP contribution in [-0.4, -0.2) is 25.2 Å². The van der Waals surface area contributed by atoms with Crippen LogP contribution in [0.2, 0.25) is 0 Å². The lowest BCUT2D eigenvalue weighted by molar-refractivity contribution is -0.165. The van der Waals surface area contributed by atoms with E-state index >= 15 is 0 Å². The Kier molecular flexibility index (Phi) is 11.7. The molecule has 1 fully saturated rings. The standard InChI is InChI=1S/C23H42O4/c1-17(2)11-6-8-15-26-22(24)20-14-10-13-19(5)21(20)23(25)27-16-9-7-12-18(3)4/h17-21H,6-16H2,1-5H3. The Hall–Kier alpha value is -1.06. The quantitative estimate of drug-likeness (QED) is 0.317. The fraction of sp³-hybridized carbons (Fsp3) is 0.913. The van der Waals surface area contributed by atoms with Gasteiger partial charge >= 0.3 is 11.9 Å². The predicted molar refractivity (Wildman–Crippen MR) is 109 cm³/mol. The number of unbranched alkanes of at least 4 members (excludes halogenated alkanes) is 2. The third kappa shape index (κ3) is 9.62. The maximum atomic E-state index is 12.6. The highest BCUT2D eigenvalue weighted by molar-refractivity contribution is 5.82. The second-order valence-corrected chi connectivity index (χ2v) is 9.15. The van der Waals surface area contributed by atoms with E-state index in [9.17, 15) is 9.59 Å². The third-order valence-corrected chi connectivity index (χ3v) is 5.64. The summed E-state index contributed by atoms with van der Waals surface area (Å²) < 4.78 is 11.1. The van der Waals surface area contributed by atoms with Gasteiger partial charge in [-0.05, 0) is 56.3 Å². The first-order chi connectivity index (χ1) is 12.8. The van der Waals surface area contributed by atoms with E-state index in [1.807, 2.05) is 0 Å². The Morgan fingerprint density at radius 3 is 1.85 bits per heavy atom. The largest absolute Gasteiger partial charge is 0.465 e. The molecule has 0 spiro atoms. The molecule has 0 aromatic heterocycles. The summed E-state index contributed by atoms with van der Waals surface area (Å²) in [4.78, 5) is 25.2. The van der Waals surface area contributed by atoms with E-state index in [0.29, 0.717) is 25.0 Å². The van der Waals surface area contributed by atoms with Crippen molar-refractivity contribution in [2.75, 3.05) is 13.2 Å². The average molecular weight is 383 g/mol. The summed E-state index contributed by atoms with van der Waals surface area (Å²) in [6.45, 7) is 11.8. The first kappa shape index (κ1) is 24.0. The Labute approximate surface area is 166 Å². The van der Waals surface area contributed by atoms with Crippen molar-refractivity contribution < 1.29 is 19.1 Å². The molecule has 0 heterocycles. The first-order valence-electron chi connectivity index (χ1n) is 11.2. The molecule has 0 aliphatic heterocycles. The molecule has 0 bridgehead atoms. The van der Waals surface area contributed by atoms with Crippen molar-refractivity contribution in [2.45, 2.75) is 92.4 Å². The Bertz CT molecular complexity index is 430. The van der Waals surface area contributed by atoms with E-state index < -0.39 is 0 Å². The monoisotopic (exact) mass is 382 g/mol. The molecule has 0 saturated heterocycles. The summed E-state index contributed by atoms with van der Waals surface area (Å²) in [5.74, 6) is 0.467. The molecular formula is C23H42O4. The van der Waals surface area contributed by atoms with E-state index in [4.69, 9.17) is 9.47 Å². The molecule has 1 aliphatic rings. The van der Waals surface area contributed by atoms with Gasteiger partial charge in [0.05, 0.1) is 25.0 Å². The number of carbonyl (C=O) groups excluding carboxylic acids is 2. The molecule has 27 heavy (non-hydrogen) atoms. The van der Waals surface area contributed by atoms with Crippen molar-refractivity contribution in [3.05, 3.63) is 0 Å². The summed E-state index contributed by atoms with van der Waals surface area (Å²) in [5, 5.41) is 0. The lowest BCUT2D eigenvalue weighted by Gasteiger charge is -2.33. The molecule has 1 rings (SSSR count). The molecular weight excluding hydrogens is 340 g/mol. The highest BCUT2D eigenvalue weighted by atomic mass is 16.5. The van der Waals surface area contributed by atoms with Crippen LogP contribution in [0.3, 0.4) is 0 Å². The lowest BCUT2D eigenvalue weighted by Crippen LogP contribution is -2.39. The van der Waals surface area contributed by atoms with Crippen molar-refractivity contribution in [2.24, 2.45) is 29.6 Å². The van der Waals surface area contributed by atoms with Gasteiger partial charge in [-0.15, -0.1) is 0 Å². The molecule has 3 atom stereocenters. The number of esters is 2. The molecule has 3 unspecified atom stereocenters. The van der Waals surface area contributed by atoms with Crippen LogP contribution in [0.4, 0.5) is 0 Å². The maximum Gasteiger partial charge on any atom is 0.310 e. The molecule has 1 saturated carbocycles. The molecule has 0 aromatic carbocycles. The van der Waals surface area contributed by atoms with Crippen LogP contribution in [0.25, 0.3) is 0 Å². The van der Waals surface area contributed by atoms with E-state index in [2.05, 4.69) is 34.6 Å². The highest BCUT2D eigenvalue weighted by Gasteiger charge is 2.41. The van der Waals surface area contributed by atoms with Crippen molar-refractivity contribution in [1.82, 2.24) is 0 Å². The summed E-state index contributed by atoms with van der Waals surface area (Å²) in [5.41, 5.74) is 0. The molecule has 4 heteroatoms. The first-order valence-corrected chi connectivity index (χ1v) is 11.2. The van der Waals surface area contributed by atoms with Gasteiger partial charge in [0, 0.05) is 0 Å². The number of hydrogen-bond acceptors (Lipinski definition) is 4. The van der Waals surface area contributed by atoms with E-state index in [0.717, 1.165) is 57.8 Å². The van der Waals surface area contributed by atoms with Gasteiger partial charge in [0.15, 0.2) is 0 Å². The zero-order valence-corrected chi connectivity index (χ0v) is 18.3. The fourth-order valence-corrected chi connectivity index (χ4v) is 3.93.